The molecule has 0 amide bonds. The Balaban J connectivity index is 0.000000307. The molecule has 0 saturated carbocycles. The highest BCUT2D eigenvalue weighted by Gasteiger charge is 1.96. The third kappa shape index (κ3) is 8.88. The number of aromatic amines is 1. The van der Waals surface area contributed by atoms with Crippen molar-refractivity contribution in [2.24, 2.45) is 0 Å². The summed E-state index contributed by atoms with van der Waals surface area (Å²) in [5.41, 5.74) is 1.12. The molecule has 0 aliphatic heterocycles. The van der Waals surface area contributed by atoms with Crippen molar-refractivity contribution in [3.05, 3.63) is 54.6 Å². The molecule has 0 aliphatic carbocycles. The number of aromatic nitrogens is 2. The molecule has 1 heterocycles. The topological polar surface area (TPSA) is 133 Å². The molecule has 0 bridgehead atoms. The minimum Gasteiger partial charge on any atom is -0.508 e. The molecule has 1 aromatic carbocycles. The molecule has 24 heavy (non-hydrogen) atoms. The van der Waals surface area contributed by atoms with Gasteiger partial charge in [0.1, 0.15) is 11.5 Å². The fourth-order valence-corrected chi connectivity index (χ4v) is 1.56. The van der Waals surface area contributed by atoms with E-state index >= 15 is 0 Å². The number of hydrogen-bond donors (Lipinski definition) is 4. The molecule has 4 N–H and O–H groups in total. The Bertz CT molecular complexity index is 634. The summed E-state index contributed by atoms with van der Waals surface area (Å²) < 4.78 is 5.51. The number of H-pyrrole nitrogens is 1. The van der Waals surface area contributed by atoms with Crippen LogP contribution >= 0.6 is 0 Å². The number of phenols is 1. The van der Waals surface area contributed by atoms with Crippen molar-refractivity contribution in [3.8, 4) is 11.5 Å². The van der Waals surface area contributed by atoms with E-state index in [0.29, 0.717) is 18.8 Å². The van der Waals surface area contributed by atoms with E-state index in [-0.39, 0.29) is 5.75 Å². The van der Waals surface area contributed by atoms with Gasteiger partial charge in [0.05, 0.1) is 12.9 Å². The van der Waals surface area contributed by atoms with Crippen molar-refractivity contribution < 1.29 is 29.6 Å². The number of carboxylic acids is 2. The van der Waals surface area contributed by atoms with Crippen molar-refractivity contribution in [2.75, 3.05) is 6.61 Å². The molecule has 0 spiro atoms. The van der Waals surface area contributed by atoms with Crippen LogP contribution in [0, 0.1) is 0 Å². The van der Waals surface area contributed by atoms with Gasteiger partial charge >= 0.3 is 11.9 Å². The summed E-state index contributed by atoms with van der Waals surface area (Å²) in [6.45, 7) is 0.657. The quantitative estimate of drug-likeness (QED) is 0.448. The predicted molar refractivity (Wildman–Crippen MR) is 84.9 cm³/mol. The molecule has 2 rings (SSSR count). The van der Waals surface area contributed by atoms with Crippen LogP contribution in [0.5, 0.6) is 11.5 Å². The lowest BCUT2D eigenvalue weighted by molar-refractivity contribution is -0.134. The zero-order valence-electron chi connectivity index (χ0n) is 12.8. The molecular formula is C16H18N2O6. The number of aromatic hydroxyl groups is 1. The highest BCUT2D eigenvalue weighted by molar-refractivity contribution is 5.89. The van der Waals surface area contributed by atoms with Crippen molar-refractivity contribution >= 4 is 11.9 Å². The fourth-order valence-electron chi connectivity index (χ4n) is 1.56. The number of hydrogen-bond acceptors (Lipinski definition) is 5. The molecule has 0 atom stereocenters. The van der Waals surface area contributed by atoms with Crippen LogP contribution in [0.3, 0.4) is 0 Å². The first-order valence-electron chi connectivity index (χ1n) is 7.00. The summed E-state index contributed by atoms with van der Waals surface area (Å²) in [5.74, 6) is -1.48. The number of carboxylic acid groups (broad SMARTS) is 2. The monoisotopic (exact) mass is 334 g/mol. The standard InChI is InChI=1S/C12H14N2O2.C4H4O4/c15-11-3-5-12(6-4-11)16-7-1-2-10-8-13-9-14-10;5-3(6)1-2-4(7)8/h3-6,8-9,15H,1-2,7H2,(H,13,14);1-2H,(H,5,6)(H,7,8)/b;2-1-. The first kappa shape index (κ1) is 18.8. The van der Waals surface area contributed by atoms with Crippen molar-refractivity contribution in [1.29, 1.82) is 0 Å². The summed E-state index contributed by atoms with van der Waals surface area (Å²) in [5, 5.41) is 24.7. The summed E-state index contributed by atoms with van der Waals surface area (Å²) in [6.07, 6.45) is 6.47. The van der Waals surface area contributed by atoms with Crippen LogP contribution in [0.2, 0.25) is 0 Å². The highest BCUT2D eigenvalue weighted by atomic mass is 16.5. The number of nitrogens with zero attached hydrogens (tertiary/aromatic N) is 1. The van der Waals surface area contributed by atoms with Gasteiger partial charge in [-0.25, -0.2) is 14.6 Å². The lowest BCUT2D eigenvalue weighted by atomic mass is 10.2. The van der Waals surface area contributed by atoms with Crippen LogP contribution < -0.4 is 4.74 Å². The summed E-state index contributed by atoms with van der Waals surface area (Å²) in [6, 6.07) is 6.74. The Morgan fingerprint density at radius 3 is 2.25 bits per heavy atom. The zero-order valence-corrected chi connectivity index (χ0v) is 12.8. The van der Waals surface area contributed by atoms with Gasteiger partial charge in [-0.1, -0.05) is 0 Å². The maximum atomic E-state index is 9.55. The minimum absolute atomic E-state index is 0.254. The van der Waals surface area contributed by atoms with Gasteiger partial charge in [0.15, 0.2) is 0 Å². The second-order valence-corrected chi connectivity index (χ2v) is 4.53. The number of ether oxygens (including phenoxy) is 1. The fraction of sp³-hybridized carbons (Fsp3) is 0.188. The normalized spacial score (nSPS) is 10.0. The van der Waals surface area contributed by atoms with Gasteiger partial charge in [-0.3, -0.25) is 0 Å². The van der Waals surface area contributed by atoms with Crippen molar-refractivity contribution in [2.45, 2.75) is 12.8 Å². The lowest BCUT2D eigenvalue weighted by Crippen LogP contribution is -1.99. The van der Waals surface area contributed by atoms with Crippen LogP contribution in [0.25, 0.3) is 0 Å². The largest absolute Gasteiger partial charge is 0.508 e. The number of imidazole rings is 1. The number of nitrogens with one attached hydrogen (secondary N) is 1. The predicted octanol–water partition coefficient (Wildman–Crippen LogP) is 1.84. The van der Waals surface area contributed by atoms with Crippen LogP contribution in [-0.2, 0) is 16.0 Å². The Labute approximate surface area is 138 Å². The molecule has 0 fully saturated rings. The highest BCUT2D eigenvalue weighted by Crippen LogP contribution is 2.16. The molecule has 0 unspecified atom stereocenters. The van der Waals surface area contributed by atoms with Gasteiger partial charge in [0.25, 0.3) is 0 Å². The average molecular weight is 334 g/mol. The van der Waals surface area contributed by atoms with Crippen LogP contribution in [-0.4, -0.2) is 43.8 Å². The first-order valence-corrected chi connectivity index (χ1v) is 7.00. The Morgan fingerprint density at radius 1 is 1.12 bits per heavy atom. The summed E-state index contributed by atoms with van der Waals surface area (Å²) >= 11 is 0. The smallest absolute Gasteiger partial charge is 0.328 e. The van der Waals surface area contributed by atoms with Crippen molar-refractivity contribution in [3.63, 3.8) is 0 Å². The van der Waals surface area contributed by atoms with Crippen LogP contribution in [0.15, 0.2) is 48.9 Å². The Hall–Kier alpha value is -3.29. The molecular weight excluding hydrogens is 316 g/mol. The number of rotatable bonds is 7. The van der Waals surface area contributed by atoms with E-state index in [1.165, 1.54) is 0 Å². The van der Waals surface area contributed by atoms with Gasteiger partial charge in [0, 0.05) is 24.0 Å². The molecule has 8 nitrogen and oxygen atoms in total. The molecule has 128 valence electrons. The van der Waals surface area contributed by atoms with Gasteiger partial charge < -0.3 is 25.0 Å². The van der Waals surface area contributed by atoms with Gasteiger partial charge in [0.2, 0.25) is 0 Å². The third-order valence-electron chi connectivity index (χ3n) is 2.62. The van der Waals surface area contributed by atoms with Crippen molar-refractivity contribution in [1.82, 2.24) is 9.97 Å². The van der Waals surface area contributed by atoms with E-state index < -0.39 is 11.9 Å². The number of carbonyl (C=O) groups is 2. The number of benzene rings is 1. The molecule has 0 saturated heterocycles. The maximum Gasteiger partial charge on any atom is 0.328 e. The van der Waals surface area contributed by atoms with Crippen LogP contribution in [0.1, 0.15) is 12.1 Å². The number of aryl methyl sites for hydroxylation is 1. The second-order valence-electron chi connectivity index (χ2n) is 4.53. The van der Waals surface area contributed by atoms with Gasteiger partial charge in [-0.05, 0) is 37.1 Å². The minimum atomic E-state index is -1.26. The first-order chi connectivity index (χ1) is 11.5. The van der Waals surface area contributed by atoms with E-state index in [4.69, 9.17) is 20.1 Å². The molecule has 2 aromatic rings. The molecule has 0 aliphatic rings. The lowest BCUT2D eigenvalue weighted by Gasteiger charge is -2.05. The van der Waals surface area contributed by atoms with E-state index in [0.717, 1.165) is 24.3 Å². The Morgan fingerprint density at radius 2 is 1.75 bits per heavy atom. The molecule has 8 heteroatoms. The number of phenolic OH excluding ortho intramolecular Hbond substituents is 1. The SMILES string of the molecule is O=C(O)/C=C\C(=O)O.Oc1ccc(OCCCc2cnc[nH]2)cc1. The maximum absolute atomic E-state index is 9.55. The molecule has 1 aromatic heterocycles. The van der Waals surface area contributed by atoms with E-state index in [9.17, 15) is 9.59 Å². The van der Waals surface area contributed by atoms with E-state index in [1.807, 2.05) is 6.20 Å². The van der Waals surface area contributed by atoms with Gasteiger partial charge in [-0.2, -0.15) is 0 Å². The summed E-state index contributed by atoms with van der Waals surface area (Å²) in [7, 11) is 0. The number of aliphatic carboxylic acids is 2. The van der Waals surface area contributed by atoms with Crippen LogP contribution in [0.4, 0.5) is 0 Å². The average Bonchev–Trinajstić information content (AvgIpc) is 3.05. The second kappa shape index (κ2) is 10.4. The Kier molecular flexibility index (Phi) is 8.16. The van der Waals surface area contributed by atoms with E-state index in [1.54, 1.807) is 30.6 Å². The van der Waals surface area contributed by atoms with E-state index in [2.05, 4.69) is 9.97 Å². The third-order valence-corrected chi connectivity index (χ3v) is 2.62. The zero-order chi connectivity index (χ0) is 17.8. The molecule has 0 radical (unpaired) electrons. The summed E-state index contributed by atoms with van der Waals surface area (Å²) in [4.78, 5) is 26.1. The van der Waals surface area contributed by atoms with Gasteiger partial charge in [-0.15, -0.1) is 0 Å².